The number of carbonyl (C=O) groups is 1. The van der Waals surface area contributed by atoms with Crippen molar-refractivity contribution in [2.45, 2.75) is 12.1 Å². The number of anilines is 1. The first-order valence-electron chi connectivity index (χ1n) is 8.61. The molecular formula is C21H16ClN3OS2. The van der Waals surface area contributed by atoms with E-state index in [0.717, 1.165) is 31.9 Å². The lowest BCUT2D eigenvalue weighted by Crippen LogP contribution is -2.14. The van der Waals surface area contributed by atoms with Crippen LogP contribution in [0, 0.1) is 6.92 Å². The number of fused-ring (bicyclic) bond motifs is 1. The summed E-state index contributed by atoms with van der Waals surface area (Å²) in [7, 11) is 0. The highest BCUT2D eigenvalue weighted by atomic mass is 35.5. The molecule has 0 saturated carbocycles. The second-order valence-electron chi connectivity index (χ2n) is 6.08. The van der Waals surface area contributed by atoms with E-state index in [1.807, 2.05) is 48.5 Å². The van der Waals surface area contributed by atoms with Gasteiger partial charge in [0.2, 0.25) is 5.91 Å². The molecule has 0 unspecified atom stereocenters. The van der Waals surface area contributed by atoms with Crippen molar-refractivity contribution in [1.82, 2.24) is 9.97 Å². The molecule has 7 heteroatoms. The number of benzene rings is 2. The normalized spacial score (nSPS) is 10.9. The van der Waals surface area contributed by atoms with Crippen molar-refractivity contribution in [1.29, 1.82) is 0 Å². The molecule has 0 aliphatic heterocycles. The van der Waals surface area contributed by atoms with Crippen molar-refractivity contribution in [3.63, 3.8) is 0 Å². The molecule has 2 aromatic heterocycles. The first-order valence-corrected chi connectivity index (χ1v) is 10.8. The van der Waals surface area contributed by atoms with Crippen molar-refractivity contribution in [3.05, 3.63) is 70.7 Å². The van der Waals surface area contributed by atoms with Crippen LogP contribution in [0.15, 0.2) is 65.8 Å². The van der Waals surface area contributed by atoms with Gasteiger partial charge in [-0.1, -0.05) is 71.9 Å². The summed E-state index contributed by atoms with van der Waals surface area (Å²) in [5.74, 6) is 0.107. The molecule has 4 rings (SSSR count). The van der Waals surface area contributed by atoms with E-state index in [9.17, 15) is 4.79 Å². The molecule has 4 nitrogen and oxygen atoms in total. The number of hydrogen-bond donors (Lipinski definition) is 1. The standard InChI is InChI=1S/C21H16ClN3OS2/c1-13-17(14-8-4-2-5-9-14)18-19(22)24-21(25-20(18)28-13)27-12-16(26)23-15-10-6-3-7-11-15/h2-11H,12H2,1H3,(H,23,26). The number of hydrogen-bond acceptors (Lipinski definition) is 5. The minimum absolute atomic E-state index is 0.108. The summed E-state index contributed by atoms with van der Waals surface area (Å²) in [6.45, 7) is 2.06. The van der Waals surface area contributed by atoms with Gasteiger partial charge in [0.05, 0.1) is 11.1 Å². The Balaban J connectivity index is 1.56. The van der Waals surface area contributed by atoms with Gasteiger partial charge in [-0.2, -0.15) is 0 Å². The van der Waals surface area contributed by atoms with Crippen molar-refractivity contribution in [2.24, 2.45) is 0 Å². The molecular weight excluding hydrogens is 410 g/mol. The third kappa shape index (κ3) is 4.04. The lowest BCUT2D eigenvalue weighted by Gasteiger charge is -2.06. The molecule has 1 N–H and O–H groups in total. The third-order valence-electron chi connectivity index (χ3n) is 4.12. The Morgan fingerprint density at radius 1 is 1.07 bits per heavy atom. The van der Waals surface area contributed by atoms with E-state index in [4.69, 9.17) is 11.6 Å². The zero-order valence-corrected chi connectivity index (χ0v) is 17.4. The monoisotopic (exact) mass is 425 g/mol. The maximum atomic E-state index is 12.2. The van der Waals surface area contributed by atoms with E-state index in [2.05, 4.69) is 34.3 Å². The van der Waals surface area contributed by atoms with Crippen molar-refractivity contribution in [2.75, 3.05) is 11.1 Å². The van der Waals surface area contributed by atoms with Gasteiger partial charge in [0.25, 0.3) is 0 Å². The van der Waals surface area contributed by atoms with Gasteiger partial charge in [-0.25, -0.2) is 9.97 Å². The lowest BCUT2D eigenvalue weighted by molar-refractivity contribution is -0.113. The number of carbonyl (C=O) groups excluding carboxylic acids is 1. The molecule has 2 heterocycles. The van der Waals surface area contributed by atoms with Crippen LogP contribution in [0.2, 0.25) is 5.15 Å². The molecule has 4 aromatic rings. The number of nitrogens with one attached hydrogen (secondary N) is 1. The van der Waals surface area contributed by atoms with Gasteiger partial charge in [-0.05, 0) is 24.6 Å². The van der Waals surface area contributed by atoms with E-state index in [1.54, 1.807) is 11.3 Å². The predicted molar refractivity (Wildman–Crippen MR) is 118 cm³/mol. The maximum absolute atomic E-state index is 12.2. The first-order chi connectivity index (χ1) is 13.6. The number of amides is 1. The van der Waals surface area contributed by atoms with Crippen molar-refractivity contribution in [3.8, 4) is 11.1 Å². The van der Waals surface area contributed by atoms with Crippen molar-refractivity contribution < 1.29 is 4.79 Å². The average molecular weight is 426 g/mol. The molecule has 0 aliphatic rings. The highest BCUT2D eigenvalue weighted by Gasteiger charge is 2.18. The van der Waals surface area contributed by atoms with E-state index in [-0.39, 0.29) is 11.7 Å². The van der Waals surface area contributed by atoms with Gasteiger partial charge in [0, 0.05) is 16.1 Å². The van der Waals surface area contributed by atoms with Gasteiger partial charge in [0.15, 0.2) is 5.16 Å². The second kappa shape index (κ2) is 8.31. The van der Waals surface area contributed by atoms with Gasteiger partial charge >= 0.3 is 0 Å². The van der Waals surface area contributed by atoms with Crippen LogP contribution in [0.25, 0.3) is 21.3 Å². The van der Waals surface area contributed by atoms with Gasteiger partial charge < -0.3 is 5.32 Å². The van der Waals surface area contributed by atoms with Crippen LogP contribution in [-0.2, 0) is 4.79 Å². The number of thioether (sulfide) groups is 1. The largest absolute Gasteiger partial charge is 0.325 e. The Morgan fingerprint density at radius 3 is 2.46 bits per heavy atom. The minimum Gasteiger partial charge on any atom is -0.325 e. The second-order valence-corrected chi connectivity index (χ2v) is 8.58. The Labute approximate surface area is 176 Å². The maximum Gasteiger partial charge on any atom is 0.234 e. The number of aryl methyl sites for hydroxylation is 1. The Bertz CT molecular complexity index is 1130. The van der Waals surface area contributed by atoms with E-state index < -0.39 is 0 Å². The van der Waals surface area contributed by atoms with Crippen molar-refractivity contribution >= 4 is 56.5 Å². The van der Waals surface area contributed by atoms with Crippen LogP contribution >= 0.6 is 34.7 Å². The molecule has 0 atom stereocenters. The van der Waals surface area contributed by atoms with Crippen LogP contribution in [0.1, 0.15) is 4.88 Å². The zero-order valence-electron chi connectivity index (χ0n) is 15.0. The fourth-order valence-electron chi connectivity index (χ4n) is 2.92. The summed E-state index contributed by atoms with van der Waals surface area (Å²) >= 11 is 9.38. The fraction of sp³-hybridized carbons (Fsp3) is 0.0952. The molecule has 0 radical (unpaired) electrons. The average Bonchev–Trinajstić information content (AvgIpc) is 3.04. The predicted octanol–water partition coefficient (Wildman–Crippen LogP) is 6.05. The highest BCUT2D eigenvalue weighted by molar-refractivity contribution is 7.99. The quantitative estimate of drug-likeness (QED) is 0.240. The summed E-state index contributed by atoms with van der Waals surface area (Å²) in [5, 5.41) is 4.64. The molecule has 0 fully saturated rings. The number of aromatic nitrogens is 2. The van der Waals surface area contributed by atoms with Gasteiger partial charge in [0.1, 0.15) is 9.98 Å². The lowest BCUT2D eigenvalue weighted by atomic mass is 10.0. The van der Waals surface area contributed by atoms with E-state index in [0.29, 0.717) is 10.3 Å². The molecule has 140 valence electrons. The number of nitrogens with zero attached hydrogens (tertiary/aromatic N) is 2. The topological polar surface area (TPSA) is 54.9 Å². The van der Waals surface area contributed by atoms with Crippen LogP contribution in [0.3, 0.4) is 0 Å². The molecule has 0 spiro atoms. The Morgan fingerprint density at radius 2 is 1.75 bits per heavy atom. The third-order valence-corrected chi connectivity index (χ3v) is 6.24. The molecule has 28 heavy (non-hydrogen) atoms. The SMILES string of the molecule is Cc1sc2nc(SCC(=O)Nc3ccccc3)nc(Cl)c2c1-c1ccccc1. The van der Waals surface area contributed by atoms with Crippen LogP contribution < -0.4 is 5.32 Å². The number of halogens is 1. The molecule has 0 aliphatic carbocycles. The summed E-state index contributed by atoms with van der Waals surface area (Å²) in [5.41, 5.74) is 2.94. The number of thiophene rings is 1. The summed E-state index contributed by atoms with van der Waals surface area (Å²) in [6.07, 6.45) is 0. The molecule has 1 amide bonds. The van der Waals surface area contributed by atoms with Crippen LogP contribution in [0.4, 0.5) is 5.69 Å². The summed E-state index contributed by atoms with van der Waals surface area (Å²) in [4.78, 5) is 23.2. The van der Waals surface area contributed by atoms with Crippen LogP contribution in [0.5, 0.6) is 0 Å². The number of para-hydroxylation sites is 1. The first kappa shape index (κ1) is 18.9. The molecule has 2 aromatic carbocycles. The zero-order chi connectivity index (χ0) is 19.5. The molecule has 0 bridgehead atoms. The fourth-order valence-corrected chi connectivity index (χ4v) is 5.03. The van der Waals surface area contributed by atoms with Gasteiger partial charge in [-0.3, -0.25) is 4.79 Å². The summed E-state index contributed by atoms with van der Waals surface area (Å²) in [6, 6.07) is 19.5. The number of rotatable bonds is 5. The summed E-state index contributed by atoms with van der Waals surface area (Å²) < 4.78 is 0. The Hall–Kier alpha value is -2.41. The van der Waals surface area contributed by atoms with E-state index >= 15 is 0 Å². The molecule has 0 saturated heterocycles. The smallest absolute Gasteiger partial charge is 0.234 e. The Kier molecular flexibility index (Phi) is 5.62. The minimum atomic E-state index is -0.108. The van der Waals surface area contributed by atoms with Gasteiger partial charge in [-0.15, -0.1) is 11.3 Å². The highest BCUT2D eigenvalue weighted by Crippen LogP contribution is 2.41. The van der Waals surface area contributed by atoms with Crippen LogP contribution in [-0.4, -0.2) is 21.6 Å². The van der Waals surface area contributed by atoms with E-state index in [1.165, 1.54) is 11.8 Å².